The lowest BCUT2D eigenvalue weighted by atomic mass is 10.0. The third kappa shape index (κ3) is 3.22. The van der Waals surface area contributed by atoms with Crippen molar-refractivity contribution in [1.29, 1.82) is 0 Å². The molecule has 0 aliphatic heterocycles. The molecule has 0 aliphatic rings. The van der Waals surface area contributed by atoms with Crippen LogP contribution in [0.1, 0.15) is 11.7 Å². The third-order valence-electron chi connectivity index (χ3n) is 3.88. The lowest BCUT2D eigenvalue weighted by Gasteiger charge is -2.17. The van der Waals surface area contributed by atoms with Crippen LogP contribution in [0.5, 0.6) is 0 Å². The van der Waals surface area contributed by atoms with E-state index in [1.807, 2.05) is 6.07 Å². The smallest absolute Gasteiger partial charge is 0.255 e. The summed E-state index contributed by atoms with van der Waals surface area (Å²) in [6, 6.07) is 8.61. The number of halogens is 2. The number of benzene rings is 1. The lowest BCUT2D eigenvalue weighted by molar-refractivity contribution is -0.137. The molecule has 1 atom stereocenters. The van der Waals surface area contributed by atoms with Crippen molar-refractivity contribution in [1.82, 2.24) is 13.9 Å². The zero-order valence-corrected chi connectivity index (χ0v) is 15.1. The van der Waals surface area contributed by atoms with Crippen LogP contribution in [0.15, 0.2) is 42.7 Å². The number of rotatable bonds is 4. The highest BCUT2D eigenvalue weighted by atomic mass is 35.5. The first-order valence-electron chi connectivity index (χ1n) is 7.38. The molecule has 0 bridgehead atoms. The minimum Gasteiger partial charge on any atom is -0.378 e. The number of hydrogen-bond donors (Lipinski definition) is 1. The molecular weight excluding hydrogens is 365 g/mol. The lowest BCUT2D eigenvalue weighted by Crippen LogP contribution is -2.28. The first-order chi connectivity index (χ1) is 11.9. The zero-order chi connectivity index (χ0) is 18.1. The second-order valence-electron chi connectivity index (χ2n) is 5.69. The van der Waals surface area contributed by atoms with Gasteiger partial charge < -0.3 is 10.0 Å². The van der Waals surface area contributed by atoms with E-state index in [1.165, 1.54) is 8.87 Å². The third-order valence-corrected chi connectivity index (χ3v) is 4.73. The fourth-order valence-electron chi connectivity index (χ4n) is 2.55. The number of carbonyl (C=O) groups excluding carboxylic acids is 1. The molecule has 0 aliphatic carbocycles. The molecule has 8 heteroatoms. The van der Waals surface area contributed by atoms with Crippen molar-refractivity contribution in [2.24, 2.45) is 0 Å². The Balaban J connectivity index is 2.05. The van der Waals surface area contributed by atoms with Gasteiger partial charge in [0.05, 0.1) is 5.02 Å². The van der Waals surface area contributed by atoms with E-state index in [2.05, 4.69) is 4.98 Å². The summed E-state index contributed by atoms with van der Waals surface area (Å²) < 4.78 is 14.1. The van der Waals surface area contributed by atoms with Gasteiger partial charge in [0.15, 0.2) is 24.1 Å². The van der Waals surface area contributed by atoms with Crippen LogP contribution in [-0.2, 0) is 4.79 Å². The van der Waals surface area contributed by atoms with Gasteiger partial charge in [0.1, 0.15) is 0 Å². The molecule has 2 heterocycles. The van der Waals surface area contributed by atoms with Gasteiger partial charge in [-0.1, -0.05) is 29.8 Å². The van der Waals surface area contributed by atoms with Crippen LogP contribution in [0.25, 0.3) is 22.2 Å². The van der Waals surface area contributed by atoms with Gasteiger partial charge >= 0.3 is 0 Å². The summed E-state index contributed by atoms with van der Waals surface area (Å²) in [7, 11) is 3.16. The Kier molecular flexibility index (Phi) is 4.99. The van der Waals surface area contributed by atoms with E-state index in [4.69, 9.17) is 11.6 Å². The van der Waals surface area contributed by atoms with E-state index in [1.54, 1.807) is 50.8 Å². The van der Waals surface area contributed by atoms with Gasteiger partial charge in [-0.3, -0.25) is 4.79 Å². The van der Waals surface area contributed by atoms with Crippen LogP contribution in [0.4, 0.5) is 3.89 Å². The molecule has 0 spiro atoms. The van der Waals surface area contributed by atoms with Crippen molar-refractivity contribution < 1.29 is 13.8 Å². The minimum absolute atomic E-state index is 0.0479. The largest absolute Gasteiger partial charge is 0.378 e. The number of aromatic nitrogens is 2. The highest BCUT2D eigenvalue weighted by Crippen LogP contribution is 2.35. The summed E-state index contributed by atoms with van der Waals surface area (Å²) >= 11 is 6.52. The molecule has 1 N–H and O–H groups in total. The fourth-order valence-corrected chi connectivity index (χ4v) is 3.17. The summed E-state index contributed by atoms with van der Waals surface area (Å²) in [5.41, 5.74) is 2.25. The van der Waals surface area contributed by atoms with Crippen LogP contribution in [0.2, 0.25) is 5.02 Å². The Morgan fingerprint density at radius 2 is 2.16 bits per heavy atom. The van der Waals surface area contributed by atoms with Crippen LogP contribution in [0.3, 0.4) is 0 Å². The normalized spacial score (nSPS) is 12.4. The molecular formula is C17H15ClFN3O2S. The van der Waals surface area contributed by atoms with E-state index in [9.17, 15) is 13.8 Å². The molecule has 2 aromatic heterocycles. The average Bonchev–Trinajstić information content (AvgIpc) is 3.04. The van der Waals surface area contributed by atoms with Gasteiger partial charge in [-0.05, 0) is 23.3 Å². The topological polar surface area (TPSA) is 58.4 Å². The molecule has 1 aromatic carbocycles. The summed E-state index contributed by atoms with van der Waals surface area (Å²) in [5.74, 6) is -0.408. The van der Waals surface area contributed by atoms with E-state index < -0.39 is 12.0 Å². The van der Waals surface area contributed by atoms with E-state index >= 15 is 0 Å². The molecule has 1 amide bonds. The molecule has 5 nitrogen and oxygen atoms in total. The summed E-state index contributed by atoms with van der Waals surface area (Å²) in [6.07, 6.45) is 1.85. The second kappa shape index (κ2) is 7.03. The standard InChI is InChI=1S/C17H15ClFN3O2S/c1-21(2)17(24)15(23)11-5-3-4-10(8-11)13-9-20-16-12(14(13)18)6-7-22(16)25-19/h3-9,15,23H,1-2H3. The van der Waals surface area contributed by atoms with Crippen molar-refractivity contribution in [3.63, 3.8) is 0 Å². The number of aliphatic hydroxyl groups excluding tert-OH is 1. The minimum atomic E-state index is -1.26. The molecule has 0 saturated heterocycles. The molecule has 0 radical (unpaired) electrons. The predicted molar refractivity (Wildman–Crippen MR) is 97.9 cm³/mol. The van der Waals surface area contributed by atoms with E-state index in [-0.39, 0.29) is 12.3 Å². The Morgan fingerprint density at radius 3 is 2.84 bits per heavy atom. The number of amides is 1. The van der Waals surface area contributed by atoms with Gasteiger partial charge in [0.25, 0.3) is 5.91 Å². The molecule has 3 aromatic rings. The van der Waals surface area contributed by atoms with Crippen molar-refractivity contribution in [2.45, 2.75) is 6.10 Å². The maximum atomic E-state index is 12.9. The van der Waals surface area contributed by atoms with Gasteiger partial charge in [-0.25, -0.2) is 8.96 Å². The van der Waals surface area contributed by atoms with Gasteiger partial charge in [-0.15, -0.1) is 3.89 Å². The number of carbonyl (C=O) groups is 1. The summed E-state index contributed by atoms with van der Waals surface area (Å²) in [6.45, 7) is 0. The van der Waals surface area contributed by atoms with Crippen molar-refractivity contribution in [3.05, 3.63) is 53.3 Å². The monoisotopic (exact) mass is 379 g/mol. The number of aliphatic hydroxyl groups is 1. The molecule has 0 fully saturated rings. The summed E-state index contributed by atoms with van der Waals surface area (Å²) in [5, 5.41) is 11.3. The van der Waals surface area contributed by atoms with Crippen molar-refractivity contribution in [3.8, 4) is 11.1 Å². The molecule has 25 heavy (non-hydrogen) atoms. The number of fused-ring (bicyclic) bond motifs is 1. The SMILES string of the molecule is CN(C)C(=O)C(O)c1cccc(-c2cnc3c(ccn3SF)c2Cl)c1. The highest BCUT2D eigenvalue weighted by molar-refractivity contribution is 7.92. The average molecular weight is 380 g/mol. The maximum absolute atomic E-state index is 12.9. The fraction of sp³-hybridized carbons (Fsp3) is 0.176. The Labute approximate surface area is 153 Å². The van der Waals surface area contributed by atoms with Gasteiger partial charge in [-0.2, -0.15) is 0 Å². The highest BCUT2D eigenvalue weighted by Gasteiger charge is 2.20. The zero-order valence-electron chi connectivity index (χ0n) is 13.5. The van der Waals surface area contributed by atoms with Gasteiger partial charge in [0.2, 0.25) is 0 Å². The summed E-state index contributed by atoms with van der Waals surface area (Å²) in [4.78, 5) is 17.6. The van der Waals surface area contributed by atoms with E-state index in [0.717, 1.165) is 0 Å². The Bertz CT molecular complexity index is 945. The van der Waals surface area contributed by atoms with Crippen molar-refractivity contribution in [2.75, 3.05) is 14.1 Å². The quantitative estimate of drug-likeness (QED) is 0.747. The van der Waals surface area contributed by atoms with Crippen molar-refractivity contribution >= 4 is 40.9 Å². The van der Waals surface area contributed by atoms with E-state index in [0.29, 0.717) is 32.7 Å². The van der Waals surface area contributed by atoms with Crippen LogP contribution in [-0.4, -0.2) is 39.0 Å². The Morgan fingerprint density at radius 1 is 1.40 bits per heavy atom. The Hall–Kier alpha value is -2.09. The molecule has 0 saturated carbocycles. The number of hydrogen-bond acceptors (Lipinski definition) is 4. The van der Waals surface area contributed by atoms with Gasteiger partial charge in [0, 0.05) is 37.4 Å². The molecule has 3 rings (SSSR count). The first kappa shape index (κ1) is 17.7. The predicted octanol–water partition coefficient (Wildman–Crippen LogP) is 3.86. The van der Waals surface area contributed by atoms with Crippen LogP contribution >= 0.6 is 23.9 Å². The maximum Gasteiger partial charge on any atom is 0.255 e. The number of nitrogens with zero attached hydrogens (tertiary/aromatic N) is 3. The number of likely N-dealkylation sites (N-methyl/N-ethyl adjacent to an activating group) is 1. The number of pyridine rings is 1. The second-order valence-corrected chi connectivity index (χ2v) is 6.60. The first-order valence-corrected chi connectivity index (χ1v) is 8.43. The molecule has 1 unspecified atom stereocenters. The van der Waals surface area contributed by atoms with Crippen LogP contribution in [0, 0.1) is 0 Å². The van der Waals surface area contributed by atoms with Crippen LogP contribution < -0.4 is 0 Å². The molecule has 130 valence electrons.